The molecule has 0 unspecified atom stereocenters. The molecule has 3 aromatic heterocycles. The van der Waals surface area contributed by atoms with Gasteiger partial charge in [-0.1, -0.05) is 104 Å². The molecule has 11 heteroatoms. The van der Waals surface area contributed by atoms with Gasteiger partial charge in [0.2, 0.25) is 5.91 Å². The molecule has 0 aliphatic carbocycles. The zero-order valence-corrected chi connectivity index (χ0v) is 38.2. The number of amides is 4. The van der Waals surface area contributed by atoms with Gasteiger partial charge in [-0.25, -0.2) is 9.59 Å². The SMILES string of the molecule is CC1(C)CC(=O)N(Cc2ccc(C#Cc3ccccc3)cn2)C1.CN1CCN(Cc2ccc(C#Cc3ccccc3)cn2)C1=O.O=C1OCCCN1Cc1ccc(C#Cc2ccccc2)cn1. The van der Waals surface area contributed by atoms with E-state index in [1.165, 1.54) is 0 Å². The molecule has 0 radical (unpaired) electrons. The van der Waals surface area contributed by atoms with Crippen LogP contribution in [0.1, 0.15) is 77.2 Å². The predicted molar refractivity (Wildman–Crippen MR) is 259 cm³/mol. The quantitative estimate of drug-likeness (QED) is 0.155. The van der Waals surface area contributed by atoms with Gasteiger partial charge in [-0.15, -0.1) is 0 Å². The molecule has 6 aromatic rings. The average Bonchev–Trinajstić information content (AvgIpc) is 3.82. The number of likely N-dealkylation sites (N-methyl/N-ethyl adjacent to an activating group) is 1. The Labute approximate surface area is 393 Å². The highest BCUT2D eigenvalue weighted by Crippen LogP contribution is 2.30. The molecule has 9 rings (SSSR count). The normalized spacial score (nSPS) is 14.7. The molecular weight excluding hydrogens is 835 g/mol. The molecule has 3 aliphatic rings. The van der Waals surface area contributed by atoms with Crippen molar-refractivity contribution < 1.29 is 19.1 Å². The topological polar surface area (TPSA) is 112 Å². The van der Waals surface area contributed by atoms with Gasteiger partial charge >= 0.3 is 12.1 Å². The molecule has 11 nitrogen and oxygen atoms in total. The van der Waals surface area contributed by atoms with E-state index in [1.54, 1.807) is 33.3 Å². The zero-order valence-electron chi connectivity index (χ0n) is 38.2. The molecule has 3 aromatic carbocycles. The lowest BCUT2D eigenvalue weighted by Crippen LogP contribution is -2.37. The number of hydrogen-bond donors (Lipinski definition) is 0. The summed E-state index contributed by atoms with van der Waals surface area (Å²) in [5.41, 5.74) is 8.25. The van der Waals surface area contributed by atoms with Gasteiger partial charge in [0.05, 0.1) is 43.3 Å². The monoisotopic (exact) mass is 887 g/mol. The maximum Gasteiger partial charge on any atom is 0.410 e. The van der Waals surface area contributed by atoms with Crippen LogP contribution >= 0.6 is 0 Å². The number of hydrogen-bond acceptors (Lipinski definition) is 7. The summed E-state index contributed by atoms with van der Waals surface area (Å²) in [6.45, 7) is 9.42. The highest BCUT2D eigenvalue weighted by molar-refractivity contribution is 5.79. The number of urea groups is 1. The van der Waals surface area contributed by atoms with Gasteiger partial charge in [-0.3, -0.25) is 19.7 Å². The van der Waals surface area contributed by atoms with E-state index >= 15 is 0 Å². The van der Waals surface area contributed by atoms with Gasteiger partial charge in [-0.05, 0) is 84.6 Å². The molecule has 3 fully saturated rings. The lowest BCUT2D eigenvalue weighted by molar-refractivity contribution is -0.128. The van der Waals surface area contributed by atoms with Crippen LogP contribution in [0.15, 0.2) is 146 Å². The number of carbonyl (C=O) groups excluding carboxylic acids is 3. The van der Waals surface area contributed by atoms with E-state index in [-0.39, 0.29) is 23.4 Å². The summed E-state index contributed by atoms with van der Waals surface area (Å²) >= 11 is 0. The van der Waals surface area contributed by atoms with Crippen LogP contribution in [0, 0.1) is 40.9 Å². The number of benzene rings is 3. The summed E-state index contributed by atoms with van der Waals surface area (Å²) in [6.07, 6.45) is 6.49. The minimum absolute atomic E-state index is 0.0646. The number of pyridine rings is 3. The van der Waals surface area contributed by atoms with Crippen molar-refractivity contribution in [1.82, 2.24) is 34.6 Å². The molecule has 4 amide bonds. The van der Waals surface area contributed by atoms with Gasteiger partial charge < -0.3 is 24.3 Å². The Balaban J connectivity index is 0.000000149. The number of nitrogens with zero attached hydrogens (tertiary/aromatic N) is 7. The van der Waals surface area contributed by atoms with E-state index in [1.807, 2.05) is 139 Å². The Kier molecular flexibility index (Phi) is 16.1. The Morgan fingerprint density at radius 2 is 0.925 bits per heavy atom. The second kappa shape index (κ2) is 23.1. The number of aromatic nitrogens is 3. The maximum absolute atomic E-state index is 12.0. The fraction of sp³-hybridized carbons (Fsp3) is 0.250. The number of carbonyl (C=O) groups is 3. The van der Waals surface area contributed by atoms with Gasteiger partial charge in [0.15, 0.2) is 0 Å². The highest BCUT2D eigenvalue weighted by Gasteiger charge is 2.35. The maximum atomic E-state index is 12.0. The third-order valence-corrected chi connectivity index (χ3v) is 10.9. The first-order valence-electron chi connectivity index (χ1n) is 22.3. The van der Waals surface area contributed by atoms with E-state index in [4.69, 9.17) is 4.74 Å². The summed E-state index contributed by atoms with van der Waals surface area (Å²) in [7, 11) is 1.82. The van der Waals surface area contributed by atoms with Crippen molar-refractivity contribution in [2.75, 3.05) is 39.8 Å². The highest BCUT2D eigenvalue weighted by atomic mass is 16.6. The van der Waals surface area contributed by atoms with Gasteiger partial charge in [0.25, 0.3) is 0 Å². The summed E-state index contributed by atoms with van der Waals surface area (Å²) < 4.78 is 5.01. The first kappa shape index (κ1) is 46.8. The molecule has 0 spiro atoms. The molecule has 67 heavy (non-hydrogen) atoms. The van der Waals surface area contributed by atoms with Gasteiger partial charge in [-0.2, -0.15) is 0 Å². The largest absolute Gasteiger partial charge is 0.449 e. The van der Waals surface area contributed by atoms with Crippen LogP contribution in [-0.2, 0) is 29.2 Å². The molecule has 0 saturated carbocycles. The van der Waals surface area contributed by atoms with Crippen molar-refractivity contribution in [2.45, 2.75) is 46.3 Å². The lowest BCUT2D eigenvalue weighted by Gasteiger charge is -2.25. The molecule has 0 bridgehead atoms. The van der Waals surface area contributed by atoms with Crippen LogP contribution in [0.2, 0.25) is 0 Å². The van der Waals surface area contributed by atoms with Crippen molar-refractivity contribution in [2.24, 2.45) is 5.41 Å². The summed E-state index contributed by atoms with van der Waals surface area (Å²) in [5.74, 6) is 18.8. The number of cyclic esters (lactones) is 1. The Hall–Kier alpha value is -8.20. The molecule has 336 valence electrons. The third-order valence-electron chi connectivity index (χ3n) is 10.9. The average molecular weight is 888 g/mol. The Bertz CT molecular complexity index is 2680. The minimum Gasteiger partial charge on any atom is -0.449 e. The number of ether oxygens (including phenoxy) is 1. The second-order valence-electron chi connectivity index (χ2n) is 17.1. The molecule has 6 heterocycles. The predicted octanol–water partition coefficient (Wildman–Crippen LogP) is 8.41. The van der Waals surface area contributed by atoms with Gasteiger partial charge in [0.1, 0.15) is 0 Å². The van der Waals surface area contributed by atoms with E-state index in [0.717, 1.165) is 83.1 Å². The van der Waals surface area contributed by atoms with Crippen molar-refractivity contribution in [3.63, 3.8) is 0 Å². The van der Waals surface area contributed by atoms with E-state index < -0.39 is 0 Å². The zero-order chi connectivity index (χ0) is 46.9. The Morgan fingerprint density at radius 1 is 0.507 bits per heavy atom. The third kappa shape index (κ3) is 14.7. The molecule has 0 N–H and O–H groups in total. The lowest BCUT2D eigenvalue weighted by atomic mass is 9.93. The summed E-state index contributed by atoms with van der Waals surface area (Å²) in [6, 6.07) is 41.2. The first-order valence-corrected chi connectivity index (χ1v) is 22.3. The summed E-state index contributed by atoms with van der Waals surface area (Å²) in [5, 5.41) is 0. The molecule has 3 saturated heterocycles. The molecule has 0 atom stereocenters. The first-order chi connectivity index (χ1) is 32.5. The van der Waals surface area contributed by atoms with Crippen molar-refractivity contribution in [3.8, 4) is 35.5 Å². The van der Waals surface area contributed by atoms with E-state index in [0.29, 0.717) is 32.7 Å². The minimum atomic E-state index is -0.263. The van der Waals surface area contributed by atoms with E-state index in [2.05, 4.69) is 64.3 Å². The van der Waals surface area contributed by atoms with Crippen molar-refractivity contribution in [3.05, 3.63) is 196 Å². The molecule has 3 aliphatic heterocycles. The van der Waals surface area contributed by atoms with Crippen LogP contribution in [0.25, 0.3) is 0 Å². The fourth-order valence-corrected chi connectivity index (χ4v) is 7.28. The smallest absolute Gasteiger partial charge is 0.410 e. The standard InChI is InChI=1S/C20H20N2O.C18H17N3O.C18H16N2O2/c1-20(2)12-19(23)22(15-20)14-18-11-10-17(13-21-18)9-8-16-6-4-3-5-7-16;1-20-11-12-21(18(20)22)14-17-10-9-16(13-19-17)8-7-15-5-3-2-4-6-15;21-18-20(11-4-12-22-18)14-17-10-9-16(13-19-17)8-7-15-5-2-1-3-6-15/h3-7,10-11,13H,12,14-15H2,1-2H3;2-6,9-10,13H,11-12,14H2,1H3;1-3,5-6,9-10,13H,4,11-12,14H2. The van der Waals surface area contributed by atoms with Crippen molar-refractivity contribution >= 4 is 18.0 Å². The Morgan fingerprint density at radius 3 is 1.28 bits per heavy atom. The van der Waals surface area contributed by atoms with Crippen LogP contribution in [0.4, 0.5) is 9.59 Å². The van der Waals surface area contributed by atoms with Crippen LogP contribution in [0.3, 0.4) is 0 Å². The number of rotatable bonds is 6. The van der Waals surface area contributed by atoms with Crippen molar-refractivity contribution in [1.29, 1.82) is 0 Å². The molecular formula is C56H53N7O4. The van der Waals surface area contributed by atoms with E-state index in [9.17, 15) is 14.4 Å². The van der Waals surface area contributed by atoms with Gasteiger partial charge in [0, 0.05) is 91.6 Å². The van der Waals surface area contributed by atoms with Crippen LogP contribution < -0.4 is 0 Å². The summed E-state index contributed by atoms with van der Waals surface area (Å²) in [4.78, 5) is 55.7. The second-order valence-corrected chi connectivity index (χ2v) is 17.1. The fourth-order valence-electron chi connectivity index (χ4n) is 7.28. The van der Waals surface area contributed by atoms with Crippen LogP contribution in [-0.4, -0.2) is 92.4 Å². The van der Waals surface area contributed by atoms with Crippen LogP contribution in [0.5, 0.6) is 0 Å². The number of likely N-dealkylation sites (tertiary alicyclic amines) is 1.